The van der Waals surface area contributed by atoms with Crippen LogP contribution in [0.15, 0.2) is 30.3 Å². The second kappa shape index (κ2) is 7.35. The highest BCUT2D eigenvalue weighted by Gasteiger charge is 2.10. The molecule has 16 heavy (non-hydrogen) atoms. The molecule has 0 aliphatic heterocycles. The van der Waals surface area contributed by atoms with Gasteiger partial charge in [-0.2, -0.15) is 0 Å². The van der Waals surface area contributed by atoms with Crippen molar-refractivity contribution in [1.82, 2.24) is 5.32 Å². The van der Waals surface area contributed by atoms with E-state index in [0.717, 1.165) is 5.56 Å². The van der Waals surface area contributed by atoms with Crippen LogP contribution in [0, 0.1) is 0 Å². The molecule has 0 saturated heterocycles. The van der Waals surface area contributed by atoms with Crippen LogP contribution >= 0.6 is 0 Å². The third-order valence-electron chi connectivity index (χ3n) is 2.37. The van der Waals surface area contributed by atoms with Gasteiger partial charge < -0.3 is 20.3 Å². The molecule has 90 valence electrons. The van der Waals surface area contributed by atoms with E-state index in [-0.39, 0.29) is 12.6 Å². The number of methoxy groups -OCH3 is 1. The zero-order valence-electron chi connectivity index (χ0n) is 9.47. The molecule has 0 amide bonds. The van der Waals surface area contributed by atoms with E-state index in [2.05, 4.69) is 5.32 Å². The Morgan fingerprint density at radius 3 is 2.56 bits per heavy atom. The van der Waals surface area contributed by atoms with Gasteiger partial charge in [0.1, 0.15) is 0 Å². The van der Waals surface area contributed by atoms with Gasteiger partial charge in [-0.15, -0.1) is 0 Å². The third kappa shape index (κ3) is 4.28. The first-order valence-electron chi connectivity index (χ1n) is 5.34. The number of aliphatic hydroxyl groups excluding tert-OH is 2. The van der Waals surface area contributed by atoms with Gasteiger partial charge >= 0.3 is 0 Å². The number of ether oxygens (including phenoxy) is 1. The van der Waals surface area contributed by atoms with Crippen LogP contribution in [0.4, 0.5) is 0 Å². The summed E-state index contributed by atoms with van der Waals surface area (Å²) in [5.74, 6) is 0. The quantitative estimate of drug-likeness (QED) is 0.625. The van der Waals surface area contributed by atoms with Crippen molar-refractivity contribution in [1.29, 1.82) is 0 Å². The molecular weight excluding hydrogens is 206 g/mol. The fourth-order valence-corrected chi connectivity index (χ4v) is 1.45. The highest BCUT2D eigenvalue weighted by atomic mass is 16.5. The van der Waals surface area contributed by atoms with Crippen LogP contribution in [-0.2, 0) is 4.74 Å². The summed E-state index contributed by atoms with van der Waals surface area (Å²) < 4.78 is 4.93. The number of benzene rings is 1. The van der Waals surface area contributed by atoms with Crippen molar-refractivity contribution >= 4 is 0 Å². The van der Waals surface area contributed by atoms with Crippen molar-refractivity contribution in [3.63, 3.8) is 0 Å². The summed E-state index contributed by atoms with van der Waals surface area (Å²) in [7, 11) is 1.58. The van der Waals surface area contributed by atoms with E-state index in [9.17, 15) is 5.11 Å². The maximum atomic E-state index is 9.85. The Morgan fingerprint density at radius 1 is 1.31 bits per heavy atom. The minimum atomic E-state index is -0.563. The molecule has 1 aromatic carbocycles. The molecule has 0 aromatic heterocycles. The highest BCUT2D eigenvalue weighted by Crippen LogP contribution is 2.10. The molecule has 4 nitrogen and oxygen atoms in total. The van der Waals surface area contributed by atoms with Crippen molar-refractivity contribution in [2.75, 3.05) is 26.9 Å². The molecule has 0 spiro atoms. The van der Waals surface area contributed by atoms with Gasteiger partial charge in [-0.05, 0) is 5.56 Å². The minimum Gasteiger partial charge on any atom is -0.395 e. The lowest BCUT2D eigenvalue weighted by atomic mass is 10.1. The summed E-state index contributed by atoms with van der Waals surface area (Å²) in [6.07, 6.45) is -0.563. The fraction of sp³-hybridized carbons (Fsp3) is 0.500. The zero-order chi connectivity index (χ0) is 11.8. The summed E-state index contributed by atoms with van der Waals surface area (Å²) in [6.45, 7) is 0.825. The van der Waals surface area contributed by atoms with Gasteiger partial charge in [0, 0.05) is 13.7 Å². The maximum absolute atomic E-state index is 9.85. The van der Waals surface area contributed by atoms with E-state index in [1.165, 1.54) is 0 Å². The monoisotopic (exact) mass is 225 g/mol. The van der Waals surface area contributed by atoms with Gasteiger partial charge in [-0.25, -0.2) is 0 Å². The largest absolute Gasteiger partial charge is 0.395 e. The average Bonchev–Trinajstić information content (AvgIpc) is 2.35. The normalized spacial score (nSPS) is 14.7. The third-order valence-corrected chi connectivity index (χ3v) is 2.37. The van der Waals surface area contributed by atoms with Crippen molar-refractivity contribution in [2.24, 2.45) is 0 Å². The molecule has 0 heterocycles. The first kappa shape index (κ1) is 13.1. The Bertz CT molecular complexity index is 279. The van der Waals surface area contributed by atoms with Gasteiger partial charge in [0.2, 0.25) is 0 Å². The topological polar surface area (TPSA) is 61.7 Å². The van der Waals surface area contributed by atoms with Crippen molar-refractivity contribution in [3.05, 3.63) is 35.9 Å². The summed E-state index contributed by atoms with van der Waals surface area (Å²) in [5, 5.41) is 21.9. The Morgan fingerprint density at radius 2 is 2.00 bits per heavy atom. The van der Waals surface area contributed by atoms with Crippen molar-refractivity contribution in [2.45, 2.75) is 12.1 Å². The molecule has 2 unspecified atom stereocenters. The van der Waals surface area contributed by atoms with E-state index in [0.29, 0.717) is 13.2 Å². The molecule has 0 bridgehead atoms. The summed E-state index contributed by atoms with van der Waals surface area (Å²) in [6, 6.07) is 9.29. The lowest BCUT2D eigenvalue weighted by Crippen LogP contribution is -2.38. The van der Waals surface area contributed by atoms with Gasteiger partial charge in [0.05, 0.1) is 25.4 Å². The van der Waals surface area contributed by atoms with Crippen LogP contribution in [0.2, 0.25) is 0 Å². The lowest BCUT2D eigenvalue weighted by Gasteiger charge is -2.18. The maximum Gasteiger partial charge on any atom is 0.0914 e. The predicted octanol–water partition coefficient (Wildman–Crippen LogP) is 0.317. The molecule has 4 heteroatoms. The van der Waals surface area contributed by atoms with Crippen LogP contribution in [0.5, 0.6) is 0 Å². The molecule has 0 aliphatic rings. The molecule has 1 aromatic rings. The van der Waals surface area contributed by atoms with Crippen LogP contribution in [0.3, 0.4) is 0 Å². The minimum absolute atomic E-state index is 0.00461. The molecule has 0 radical (unpaired) electrons. The Labute approximate surface area is 95.9 Å². The lowest BCUT2D eigenvalue weighted by molar-refractivity contribution is 0.111. The van der Waals surface area contributed by atoms with E-state index < -0.39 is 6.10 Å². The molecule has 0 fully saturated rings. The standard InChI is InChI=1S/C12H19NO3/c1-16-9-11(8-14)13-7-12(15)10-5-3-2-4-6-10/h2-6,11-15H,7-9H2,1H3. The van der Waals surface area contributed by atoms with E-state index in [1.54, 1.807) is 7.11 Å². The number of hydrogen-bond donors (Lipinski definition) is 3. The van der Waals surface area contributed by atoms with Gasteiger partial charge in [-0.1, -0.05) is 30.3 Å². The number of hydrogen-bond acceptors (Lipinski definition) is 4. The SMILES string of the molecule is COCC(CO)NCC(O)c1ccccc1. The second-order valence-corrected chi connectivity index (χ2v) is 3.67. The molecule has 0 aliphatic carbocycles. The van der Waals surface area contributed by atoms with Gasteiger partial charge in [-0.3, -0.25) is 0 Å². The average molecular weight is 225 g/mol. The van der Waals surface area contributed by atoms with Crippen molar-refractivity contribution in [3.8, 4) is 0 Å². The van der Waals surface area contributed by atoms with Crippen LogP contribution in [0.1, 0.15) is 11.7 Å². The smallest absolute Gasteiger partial charge is 0.0914 e. The van der Waals surface area contributed by atoms with Crippen LogP contribution < -0.4 is 5.32 Å². The van der Waals surface area contributed by atoms with Gasteiger partial charge in [0.25, 0.3) is 0 Å². The Kier molecular flexibility index (Phi) is 6.03. The number of aliphatic hydroxyl groups is 2. The fourth-order valence-electron chi connectivity index (χ4n) is 1.45. The molecule has 1 rings (SSSR count). The second-order valence-electron chi connectivity index (χ2n) is 3.67. The molecule has 3 N–H and O–H groups in total. The Balaban J connectivity index is 2.37. The summed E-state index contributed by atoms with van der Waals surface area (Å²) in [4.78, 5) is 0. The predicted molar refractivity (Wildman–Crippen MR) is 62.2 cm³/mol. The van der Waals surface area contributed by atoms with Crippen LogP contribution in [-0.4, -0.2) is 43.1 Å². The highest BCUT2D eigenvalue weighted by molar-refractivity contribution is 5.17. The first-order valence-corrected chi connectivity index (χ1v) is 5.34. The van der Waals surface area contributed by atoms with Crippen LogP contribution in [0.25, 0.3) is 0 Å². The van der Waals surface area contributed by atoms with E-state index >= 15 is 0 Å². The van der Waals surface area contributed by atoms with E-state index in [4.69, 9.17) is 9.84 Å². The van der Waals surface area contributed by atoms with E-state index in [1.807, 2.05) is 30.3 Å². The summed E-state index contributed by atoms with van der Waals surface area (Å²) >= 11 is 0. The molecular formula is C12H19NO3. The summed E-state index contributed by atoms with van der Waals surface area (Å²) in [5.41, 5.74) is 0.865. The first-order chi connectivity index (χ1) is 7.77. The molecule has 0 saturated carbocycles. The van der Waals surface area contributed by atoms with Crippen molar-refractivity contribution < 1.29 is 14.9 Å². The zero-order valence-corrected chi connectivity index (χ0v) is 9.47. The van der Waals surface area contributed by atoms with Gasteiger partial charge in [0.15, 0.2) is 0 Å². The Hall–Kier alpha value is -0.940. The number of rotatable bonds is 7. The number of nitrogens with one attached hydrogen (secondary N) is 1. The molecule has 2 atom stereocenters.